The number of benzene rings is 1. The van der Waals surface area contributed by atoms with Gasteiger partial charge in [-0.2, -0.15) is 0 Å². The van der Waals surface area contributed by atoms with Gasteiger partial charge in [-0.3, -0.25) is 0 Å². The third kappa shape index (κ3) is 3.36. The Morgan fingerprint density at radius 3 is 2.79 bits per heavy atom. The van der Waals surface area contributed by atoms with Crippen LogP contribution in [-0.4, -0.2) is 22.6 Å². The fourth-order valence-corrected chi connectivity index (χ4v) is 3.45. The van der Waals surface area contributed by atoms with Gasteiger partial charge in [0, 0.05) is 23.8 Å². The Morgan fingerprint density at radius 2 is 2.08 bits per heavy atom. The molecule has 6 heteroatoms. The number of pyridine rings is 1. The number of hydrogen-bond acceptors (Lipinski definition) is 3. The maximum atomic E-state index is 14.1. The van der Waals surface area contributed by atoms with E-state index < -0.39 is 17.3 Å². The van der Waals surface area contributed by atoms with Crippen LogP contribution in [0.1, 0.15) is 47.6 Å². The molecule has 1 unspecified atom stereocenters. The number of carboxylic acids is 1. The number of anilines is 1. The zero-order valence-electron chi connectivity index (χ0n) is 13.1. The van der Waals surface area contributed by atoms with Crippen molar-refractivity contribution in [1.29, 1.82) is 0 Å². The molecule has 1 aliphatic heterocycles. The Balaban J connectivity index is 2.00. The average molecular weight is 349 g/mol. The van der Waals surface area contributed by atoms with Crippen LogP contribution in [0.15, 0.2) is 36.5 Å². The lowest BCUT2D eigenvalue weighted by Crippen LogP contribution is -2.29. The number of carbonyl (C=O) groups is 1. The first-order chi connectivity index (χ1) is 11.6. The normalized spacial score (nSPS) is 18.2. The van der Waals surface area contributed by atoms with Gasteiger partial charge in [-0.25, -0.2) is 14.2 Å². The second-order valence-corrected chi connectivity index (χ2v) is 6.31. The van der Waals surface area contributed by atoms with Crippen LogP contribution in [-0.2, 0) is 0 Å². The van der Waals surface area contributed by atoms with Crippen molar-refractivity contribution < 1.29 is 14.3 Å². The SMILES string of the molecule is O=C(O)c1cnc(N2CCCCCC2c2ccccc2Cl)cc1F. The topological polar surface area (TPSA) is 53.4 Å². The molecule has 3 rings (SSSR count). The maximum absolute atomic E-state index is 14.1. The zero-order chi connectivity index (χ0) is 17.1. The molecule has 1 aliphatic rings. The predicted molar refractivity (Wildman–Crippen MR) is 91.2 cm³/mol. The van der Waals surface area contributed by atoms with Gasteiger partial charge in [0.25, 0.3) is 0 Å². The second-order valence-electron chi connectivity index (χ2n) is 5.91. The lowest BCUT2D eigenvalue weighted by molar-refractivity contribution is 0.0691. The van der Waals surface area contributed by atoms with Gasteiger partial charge < -0.3 is 10.0 Å². The summed E-state index contributed by atoms with van der Waals surface area (Å²) in [7, 11) is 0. The number of carboxylic acid groups (broad SMARTS) is 1. The largest absolute Gasteiger partial charge is 0.478 e. The Bertz CT molecular complexity index is 754. The van der Waals surface area contributed by atoms with Crippen molar-refractivity contribution >= 4 is 23.4 Å². The fraction of sp³-hybridized carbons (Fsp3) is 0.333. The molecule has 0 aliphatic carbocycles. The summed E-state index contributed by atoms with van der Waals surface area (Å²) in [6, 6.07) is 8.86. The van der Waals surface area contributed by atoms with E-state index in [-0.39, 0.29) is 6.04 Å². The fourth-order valence-electron chi connectivity index (χ4n) is 3.19. The van der Waals surface area contributed by atoms with Crippen molar-refractivity contribution in [1.82, 2.24) is 4.98 Å². The molecule has 1 N–H and O–H groups in total. The summed E-state index contributed by atoms with van der Waals surface area (Å²) in [5, 5.41) is 9.65. The summed E-state index contributed by atoms with van der Waals surface area (Å²) in [6.45, 7) is 0.731. The summed E-state index contributed by atoms with van der Waals surface area (Å²) in [4.78, 5) is 17.2. The van der Waals surface area contributed by atoms with Gasteiger partial charge in [-0.15, -0.1) is 0 Å². The minimum Gasteiger partial charge on any atom is -0.478 e. The van der Waals surface area contributed by atoms with Crippen molar-refractivity contribution in [2.45, 2.75) is 31.7 Å². The standard InChI is InChI=1S/C18H18ClFN2O2/c19-14-7-4-3-6-12(14)16-8-2-1-5-9-22(16)17-10-15(20)13(11-21-17)18(23)24/h3-4,6-7,10-11,16H,1-2,5,8-9H2,(H,23,24). The molecule has 0 bridgehead atoms. The molecule has 126 valence electrons. The monoisotopic (exact) mass is 348 g/mol. The minimum absolute atomic E-state index is 0.00350. The van der Waals surface area contributed by atoms with Gasteiger partial charge in [0.05, 0.1) is 6.04 Å². The van der Waals surface area contributed by atoms with Crippen LogP contribution in [0.5, 0.6) is 0 Å². The Morgan fingerprint density at radius 1 is 1.29 bits per heavy atom. The first-order valence-electron chi connectivity index (χ1n) is 7.98. The van der Waals surface area contributed by atoms with Gasteiger partial charge in [-0.1, -0.05) is 42.6 Å². The molecule has 1 aromatic carbocycles. The van der Waals surface area contributed by atoms with E-state index >= 15 is 0 Å². The van der Waals surface area contributed by atoms with Crippen LogP contribution in [0.3, 0.4) is 0 Å². The molecule has 0 amide bonds. The molecule has 4 nitrogen and oxygen atoms in total. The van der Waals surface area contributed by atoms with Crippen molar-refractivity contribution in [2.75, 3.05) is 11.4 Å². The van der Waals surface area contributed by atoms with Gasteiger partial charge in [0.15, 0.2) is 0 Å². The van der Waals surface area contributed by atoms with E-state index in [1.807, 2.05) is 29.2 Å². The van der Waals surface area contributed by atoms with Crippen LogP contribution >= 0.6 is 11.6 Å². The molecule has 24 heavy (non-hydrogen) atoms. The predicted octanol–water partition coefficient (Wildman–Crippen LogP) is 4.69. The van der Waals surface area contributed by atoms with Crippen molar-refractivity contribution in [3.05, 3.63) is 58.5 Å². The van der Waals surface area contributed by atoms with Gasteiger partial charge >= 0.3 is 5.97 Å². The highest BCUT2D eigenvalue weighted by atomic mass is 35.5. The molecular formula is C18H18ClFN2O2. The summed E-state index contributed by atoms with van der Waals surface area (Å²) >= 11 is 6.36. The second kappa shape index (κ2) is 7.18. The summed E-state index contributed by atoms with van der Waals surface area (Å²) < 4.78 is 14.1. The summed E-state index contributed by atoms with van der Waals surface area (Å²) in [5.41, 5.74) is 0.577. The maximum Gasteiger partial charge on any atom is 0.340 e. The number of halogens is 2. The van der Waals surface area contributed by atoms with Crippen LogP contribution in [0.25, 0.3) is 0 Å². The zero-order valence-corrected chi connectivity index (χ0v) is 13.8. The van der Waals surface area contributed by atoms with E-state index in [0.717, 1.165) is 44.0 Å². The Kier molecular flexibility index (Phi) is 5.00. The van der Waals surface area contributed by atoms with E-state index in [1.54, 1.807) is 0 Å². The third-order valence-corrected chi connectivity index (χ3v) is 4.72. The van der Waals surface area contributed by atoms with Gasteiger partial charge in [0.1, 0.15) is 17.2 Å². The van der Waals surface area contributed by atoms with Crippen molar-refractivity contribution in [3.8, 4) is 0 Å². The molecule has 0 spiro atoms. The summed E-state index contributed by atoms with van der Waals surface area (Å²) in [5.74, 6) is -1.64. The van der Waals surface area contributed by atoms with Crippen LogP contribution < -0.4 is 4.90 Å². The first-order valence-corrected chi connectivity index (χ1v) is 8.35. The highest BCUT2D eigenvalue weighted by Crippen LogP contribution is 2.36. The lowest BCUT2D eigenvalue weighted by atomic mass is 10.0. The van der Waals surface area contributed by atoms with Gasteiger partial charge in [0.2, 0.25) is 0 Å². The van der Waals surface area contributed by atoms with E-state index in [0.29, 0.717) is 10.8 Å². The molecule has 1 atom stereocenters. The van der Waals surface area contributed by atoms with Gasteiger partial charge in [-0.05, 0) is 24.5 Å². The van der Waals surface area contributed by atoms with Crippen LogP contribution in [0.2, 0.25) is 5.02 Å². The highest BCUT2D eigenvalue weighted by Gasteiger charge is 2.26. The van der Waals surface area contributed by atoms with Crippen molar-refractivity contribution in [3.63, 3.8) is 0 Å². The molecule has 1 saturated heterocycles. The number of aromatic nitrogens is 1. The van der Waals surface area contributed by atoms with E-state index in [9.17, 15) is 9.18 Å². The molecular weight excluding hydrogens is 331 g/mol. The summed E-state index contributed by atoms with van der Waals surface area (Å²) in [6.07, 6.45) is 5.11. The van der Waals surface area contributed by atoms with E-state index in [4.69, 9.17) is 16.7 Å². The smallest absolute Gasteiger partial charge is 0.340 e. The number of nitrogens with zero attached hydrogens (tertiary/aromatic N) is 2. The van der Waals surface area contributed by atoms with Crippen molar-refractivity contribution in [2.24, 2.45) is 0 Å². The number of rotatable bonds is 3. The first kappa shape index (κ1) is 16.7. The Hall–Kier alpha value is -2.14. The lowest BCUT2D eigenvalue weighted by Gasteiger charge is -2.32. The molecule has 0 radical (unpaired) electrons. The molecule has 1 fully saturated rings. The minimum atomic E-state index is -1.31. The molecule has 0 saturated carbocycles. The quantitative estimate of drug-likeness (QED) is 0.874. The number of hydrogen-bond donors (Lipinski definition) is 1. The van der Waals surface area contributed by atoms with Crippen LogP contribution in [0.4, 0.5) is 10.2 Å². The molecule has 2 aromatic rings. The average Bonchev–Trinajstić information content (AvgIpc) is 2.80. The number of aromatic carboxylic acids is 1. The third-order valence-electron chi connectivity index (χ3n) is 4.38. The van der Waals surface area contributed by atoms with E-state index in [2.05, 4.69) is 4.98 Å². The van der Waals surface area contributed by atoms with E-state index in [1.165, 1.54) is 6.07 Å². The molecule has 2 heterocycles. The van der Waals surface area contributed by atoms with Crippen LogP contribution in [0, 0.1) is 5.82 Å². The highest BCUT2D eigenvalue weighted by molar-refractivity contribution is 6.31. The Labute approximate surface area is 144 Å². The molecule has 1 aromatic heterocycles.